The van der Waals surface area contributed by atoms with Gasteiger partial charge in [0.15, 0.2) is 12.6 Å². The Bertz CT molecular complexity index is 769. The van der Waals surface area contributed by atoms with Gasteiger partial charge >= 0.3 is 0 Å². The average Bonchev–Trinajstić information content (AvgIpc) is 2.90. The lowest BCUT2D eigenvalue weighted by Crippen LogP contribution is -2.62. The number of carbonyl (C=O) groups excluding carboxylic acids is 2. The minimum Gasteiger partial charge on any atom is -0.379 e. The SMILES string of the molecule is CCOCC1O[C@H](OC(C)C)[C@@H](NC(C)=O)C(C)[C@@H]1C.CCOCC1O[C@H](OC(C)C)[C@@H](NC(C)=O)C(C)[C@H]1OCC. The summed E-state index contributed by atoms with van der Waals surface area (Å²) in [5.41, 5.74) is 0. The molecule has 2 saturated heterocycles. The highest BCUT2D eigenvalue weighted by Gasteiger charge is 2.46. The van der Waals surface area contributed by atoms with E-state index in [9.17, 15) is 9.59 Å². The third kappa shape index (κ3) is 12.7. The first-order valence-corrected chi connectivity index (χ1v) is 15.7. The molecule has 11 nitrogen and oxygen atoms in total. The van der Waals surface area contributed by atoms with Gasteiger partial charge in [0.25, 0.3) is 0 Å². The second kappa shape index (κ2) is 19.8. The Hall–Kier alpha value is -1.34. The molecule has 11 heteroatoms. The molecule has 0 aromatic carbocycles. The molecule has 2 aliphatic heterocycles. The molecule has 42 heavy (non-hydrogen) atoms. The summed E-state index contributed by atoms with van der Waals surface area (Å²) in [6, 6.07) is -0.364. The van der Waals surface area contributed by atoms with Gasteiger partial charge in [-0.3, -0.25) is 9.59 Å². The standard InChI is InChI=1S/C16H31NO5.C15H29NO4/c1-7-19-9-13-15(20-8-2)11(5)14(17-12(6)18)16(22-13)21-10(3)4;1-7-18-8-13-10(4)11(5)14(16-12(6)17)15(20-13)19-9(2)3/h10-11,13-16H,7-9H2,1-6H3,(H,17,18);9-11,13-15H,7-8H2,1-6H3,(H,16,17)/t11?,13?,14-,15+,16-;10-,11?,13?,14-,15-/m00/s1. The lowest BCUT2D eigenvalue weighted by molar-refractivity contribution is -0.275. The van der Waals surface area contributed by atoms with Crippen molar-refractivity contribution in [2.45, 2.75) is 138 Å². The molecule has 2 rings (SSSR count). The predicted molar refractivity (Wildman–Crippen MR) is 161 cm³/mol. The summed E-state index contributed by atoms with van der Waals surface area (Å²) in [5.74, 6) is 0.466. The molecule has 0 radical (unpaired) electrons. The van der Waals surface area contributed by atoms with Gasteiger partial charge in [0.2, 0.25) is 11.8 Å². The average molecular weight is 605 g/mol. The normalized spacial score (nSPS) is 33.2. The summed E-state index contributed by atoms with van der Waals surface area (Å²) < 4.78 is 40.7. The summed E-state index contributed by atoms with van der Waals surface area (Å²) in [4.78, 5) is 22.9. The second-order valence-electron chi connectivity index (χ2n) is 11.7. The van der Waals surface area contributed by atoms with Gasteiger partial charge in [-0.2, -0.15) is 0 Å². The number of rotatable bonds is 14. The van der Waals surface area contributed by atoms with Crippen molar-refractivity contribution in [3.05, 3.63) is 0 Å². The molecule has 2 amide bonds. The van der Waals surface area contributed by atoms with Crippen LogP contribution in [0.4, 0.5) is 0 Å². The summed E-state index contributed by atoms with van der Waals surface area (Å²) in [6.45, 7) is 25.9. The van der Waals surface area contributed by atoms with E-state index < -0.39 is 12.6 Å². The first-order chi connectivity index (χ1) is 19.8. The molecule has 0 saturated carbocycles. The summed E-state index contributed by atoms with van der Waals surface area (Å²) >= 11 is 0. The highest BCUT2D eigenvalue weighted by Crippen LogP contribution is 2.32. The highest BCUT2D eigenvalue weighted by atomic mass is 16.7. The molecule has 2 N–H and O–H groups in total. The van der Waals surface area contributed by atoms with Crippen LogP contribution in [-0.4, -0.2) is 100 Å². The van der Waals surface area contributed by atoms with Gasteiger partial charge in [-0.25, -0.2) is 0 Å². The Labute approximate surface area is 254 Å². The second-order valence-corrected chi connectivity index (χ2v) is 11.7. The van der Waals surface area contributed by atoms with Crippen molar-refractivity contribution < 1.29 is 42.7 Å². The van der Waals surface area contributed by atoms with Crippen molar-refractivity contribution in [3.8, 4) is 0 Å². The highest BCUT2D eigenvalue weighted by molar-refractivity contribution is 5.73. The Balaban J connectivity index is 0.000000422. The number of carbonyl (C=O) groups is 2. The predicted octanol–water partition coefficient (Wildman–Crippen LogP) is 3.67. The van der Waals surface area contributed by atoms with E-state index in [0.717, 1.165) is 0 Å². The Morgan fingerprint density at radius 3 is 1.50 bits per heavy atom. The Morgan fingerprint density at radius 2 is 1.10 bits per heavy atom. The molecule has 2 fully saturated rings. The van der Waals surface area contributed by atoms with Crippen LogP contribution in [0.1, 0.15) is 83.1 Å². The maximum absolute atomic E-state index is 11.5. The van der Waals surface area contributed by atoms with Crippen molar-refractivity contribution >= 4 is 11.8 Å². The maximum Gasteiger partial charge on any atom is 0.217 e. The van der Waals surface area contributed by atoms with Gasteiger partial charge in [-0.15, -0.1) is 0 Å². The van der Waals surface area contributed by atoms with Crippen LogP contribution in [0, 0.1) is 17.8 Å². The molecular weight excluding hydrogens is 544 g/mol. The van der Waals surface area contributed by atoms with Crippen LogP contribution in [0.5, 0.6) is 0 Å². The largest absolute Gasteiger partial charge is 0.379 e. The van der Waals surface area contributed by atoms with E-state index in [0.29, 0.717) is 39.0 Å². The van der Waals surface area contributed by atoms with Crippen molar-refractivity contribution in [3.63, 3.8) is 0 Å². The zero-order valence-corrected chi connectivity index (χ0v) is 28.1. The molecule has 248 valence electrons. The fraction of sp³-hybridized carbons (Fsp3) is 0.935. The third-order valence-electron chi connectivity index (χ3n) is 7.52. The number of amides is 2. The molecule has 2 heterocycles. The number of hydrogen-bond acceptors (Lipinski definition) is 9. The fourth-order valence-corrected chi connectivity index (χ4v) is 5.30. The van der Waals surface area contributed by atoms with Crippen LogP contribution in [-0.2, 0) is 42.7 Å². The summed E-state index contributed by atoms with van der Waals surface area (Å²) in [5, 5.41) is 5.91. The number of nitrogens with one attached hydrogen (secondary N) is 2. The first kappa shape index (κ1) is 38.7. The number of ether oxygens (including phenoxy) is 7. The van der Waals surface area contributed by atoms with Gasteiger partial charge in [0.05, 0.1) is 49.7 Å². The maximum atomic E-state index is 11.5. The van der Waals surface area contributed by atoms with E-state index in [1.807, 2.05) is 48.5 Å². The van der Waals surface area contributed by atoms with Gasteiger partial charge in [-0.05, 0) is 60.3 Å². The van der Waals surface area contributed by atoms with Crippen LogP contribution >= 0.6 is 0 Å². The molecule has 10 atom stereocenters. The molecule has 0 aromatic heterocycles. The minimum absolute atomic E-state index is 0.00120. The van der Waals surface area contributed by atoms with E-state index in [1.165, 1.54) is 13.8 Å². The van der Waals surface area contributed by atoms with Crippen molar-refractivity contribution in [1.29, 1.82) is 0 Å². The quantitative estimate of drug-likeness (QED) is 0.306. The van der Waals surface area contributed by atoms with E-state index >= 15 is 0 Å². The zero-order valence-electron chi connectivity index (χ0n) is 28.1. The van der Waals surface area contributed by atoms with Crippen LogP contribution < -0.4 is 10.6 Å². The van der Waals surface area contributed by atoms with Gasteiger partial charge in [-0.1, -0.05) is 20.8 Å². The van der Waals surface area contributed by atoms with Gasteiger partial charge < -0.3 is 43.8 Å². The topological polar surface area (TPSA) is 123 Å². The summed E-state index contributed by atoms with van der Waals surface area (Å²) in [7, 11) is 0. The molecule has 2 aliphatic rings. The fourth-order valence-electron chi connectivity index (χ4n) is 5.30. The first-order valence-electron chi connectivity index (χ1n) is 15.7. The Kier molecular flexibility index (Phi) is 18.3. The molecular formula is C31H60N2O9. The van der Waals surface area contributed by atoms with Gasteiger partial charge in [0.1, 0.15) is 6.10 Å². The monoisotopic (exact) mass is 604 g/mol. The van der Waals surface area contributed by atoms with E-state index in [1.54, 1.807) is 0 Å². The molecule has 0 aromatic rings. The number of hydrogen-bond donors (Lipinski definition) is 2. The molecule has 4 unspecified atom stereocenters. The molecule has 0 spiro atoms. The molecule has 0 aliphatic carbocycles. The van der Waals surface area contributed by atoms with Crippen LogP contribution in [0.25, 0.3) is 0 Å². The molecule has 0 bridgehead atoms. The minimum atomic E-state index is -0.499. The van der Waals surface area contributed by atoms with Crippen LogP contribution in [0.15, 0.2) is 0 Å². The lowest BCUT2D eigenvalue weighted by Gasteiger charge is -2.45. The van der Waals surface area contributed by atoms with Crippen molar-refractivity contribution in [1.82, 2.24) is 10.6 Å². The van der Waals surface area contributed by atoms with E-state index in [-0.39, 0.29) is 66.3 Å². The van der Waals surface area contributed by atoms with E-state index in [4.69, 9.17) is 33.2 Å². The van der Waals surface area contributed by atoms with Crippen LogP contribution in [0.2, 0.25) is 0 Å². The Morgan fingerprint density at radius 1 is 0.667 bits per heavy atom. The smallest absolute Gasteiger partial charge is 0.217 e. The van der Waals surface area contributed by atoms with Crippen molar-refractivity contribution in [2.24, 2.45) is 17.8 Å². The van der Waals surface area contributed by atoms with Gasteiger partial charge in [0, 0.05) is 39.6 Å². The van der Waals surface area contributed by atoms with E-state index in [2.05, 4.69) is 31.4 Å². The summed E-state index contributed by atoms with van der Waals surface area (Å²) in [6.07, 6.45) is -1.21. The van der Waals surface area contributed by atoms with Crippen LogP contribution in [0.3, 0.4) is 0 Å². The third-order valence-corrected chi connectivity index (χ3v) is 7.52. The lowest BCUT2D eigenvalue weighted by atomic mass is 9.82. The van der Waals surface area contributed by atoms with Crippen molar-refractivity contribution in [2.75, 3.05) is 33.0 Å². The zero-order chi connectivity index (χ0) is 32.0.